The molecule has 2 aromatic carbocycles. The number of hydroxylamine groups is 2. The van der Waals surface area contributed by atoms with E-state index in [-0.39, 0.29) is 22.8 Å². The third kappa shape index (κ3) is 6.34. The summed E-state index contributed by atoms with van der Waals surface area (Å²) in [7, 11) is -3.88. The van der Waals surface area contributed by atoms with Gasteiger partial charge in [0.2, 0.25) is 6.41 Å². The maximum atomic E-state index is 12.8. The van der Waals surface area contributed by atoms with Crippen LogP contribution < -0.4 is 9.47 Å². The van der Waals surface area contributed by atoms with E-state index in [4.69, 9.17) is 9.47 Å². The Hall–Kier alpha value is -2.83. The molecule has 2 atom stereocenters. The Morgan fingerprint density at radius 3 is 2.16 bits per heavy atom. The summed E-state index contributed by atoms with van der Waals surface area (Å²) in [5.74, 6) is -0.468. The van der Waals surface area contributed by atoms with Crippen molar-refractivity contribution < 1.29 is 45.8 Å². The molecule has 0 spiro atoms. The molecule has 0 saturated carbocycles. The molecular formula is C20H20F3NO7S. The van der Waals surface area contributed by atoms with Gasteiger partial charge in [-0.25, -0.2) is 13.5 Å². The smallest absolute Gasteiger partial charge is 0.457 e. The third-order valence-electron chi connectivity index (χ3n) is 4.71. The van der Waals surface area contributed by atoms with E-state index in [2.05, 4.69) is 4.74 Å². The zero-order chi connectivity index (χ0) is 23.4. The van der Waals surface area contributed by atoms with E-state index in [0.29, 0.717) is 24.5 Å². The molecule has 12 heteroatoms. The molecule has 0 bridgehead atoms. The van der Waals surface area contributed by atoms with Crippen molar-refractivity contribution in [2.45, 2.75) is 36.2 Å². The first-order chi connectivity index (χ1) is 15.1. The number of nitrogens with zero attached hydrogens (tertiary/aromatic N) is 1. The average molecular weight is 475 g/mol. The van der Waals surface area contributed by atoms with Gasteiger partial charge in [-0.1, -0.05) is 0 Å². The molecule has 1 N–H and O–H groups in total. The Balaban J connectivity index is 1.68. The Morgan fingerprint density at radius 2 is 1.66 bits per heavy atom. The van der Waals surface area contributed by atoms with E-state index in [1.165, 1.54) is 36.4 Å². The second-order valence-electron chi connectivity index (χ2n) is 6.98. The molecule has 3 rings (SSSR count). The molecule has 2 aromatic rings. The van der Waals surface area contributed by atoms with Crippen LogP contribution in [0.1, 0.15) is 12.8 Å². The molecule has 1 fully saturated rings. The number of alkyl halides is 3. The summed E-state index contributed by atoms with van der Waals surface area (Å²) in [4.78, 5) is 10.9. The van der Waals surface area contributed by atoms with E-state index in [1.54, 1.807) is 0 Å². The Kier molecular flexibility index (Phi) is 7.26. The van der Waals surface area contributed by atoms with Crippen LogP contribution in [0.3, 0.4) is 0 Å². The number of hydrogen-bond donors (Lipinski definition) is 1. The number of carbonyl (C=O) groups excluding carboxylic acids is 1. The van der Waals surface area contributed by atoms with Gasteiger partial charge in [0.05, 0.1) is 22.8 Å². The summed E-state index contributed by atoms with van der Waals surface area (Å²) in [6, 6.07) is 9.01. The van der Waals surface area contributed by atoms with E-state index < -0.39 is 39.8 Å². The number of halogens is 3. The molecule has 1 aliphatic heterocycles. The van der Waals surface area contributed by atoms with E-state index in [1.807, 2.05) is 0 Å². The third-order valence-corrected chi connectivity index (χ3v) is 6.48. The fourth-order valence-corrected chi connectivity index (χ4v) is 4.78. The number of carbonyl (C=O) groups is 1. The molecule has 1 aliphatic rings. The largest absolute Gasteiger partial charge is 0.573 e. The minimum atomic E-state index is -4.80. The lowest BCUT2D eigenvalue weighted by molar-refractivity contribution is -0.274. The minimum absolute atomic E-state index is 0.0546. The maximum absolute atomic E-state index is 12.8. The van der Waals surface area contributed by atoms with Crippen LogP contribution in [0, 0.1) is 0 Å². The van der Waals surface area contributed by atoms with Crippen LogP contribution in [-0.2, 0) is 19.4 Å². The van der Waals surface area contributed by atoms with Crippen LogP contribution in [-0.4, -0.2) is 56.0 Å². The summed E-state index contributed by atoms with van der Waals surface area (Å²) < 4.78 is 76.9. The van der Waals surface area contributed by atoms with Crippen molar-refractivity contribution in [2.75, 3.05) is 12.4 Å². The van der Waals surface area contributed by atoms with Crippen LogP contribution in [0.25, 0.3) is 0 Å². The summed E-state index contributed by atoms with van der Waals surface area (Å²) in [6.07, 6.45) is -4.03. The van der Waals surface area contributed by atoms with Gasteiger partial charge in [0.1, 0.15) is 17.2 Å². The molecule has 0 aromatic heterocycles. The lowest BCUT2D eigenvalue weighted by atomic mass is 10.1. The fraction of sp³-hybridized carbons (Fsp3) is 0.350. The number of ether oxygens (including phenoxy) is 3. The molecule has 0 aliphatic carbocycles. The van der Waals surface area contributed by atoms with E-state index >= 15 is 0 Å². The van der Waals surface area contributed by atoms with Crippen LogP contribution in [0.15, 0.2) is 53.4 Å². The van der Waals surface area contributed by atoms with Crippen molar-refractivity contribution in [1.29, 1.82) is 0 Å². The summed E-state index contributed by atoms with van der Waals surface area (Å²) >= 11 is 0. The molecule has 1 heterocycles. The highest BCUT2D eigenvalue weighted by molar-refractivity contribution is 7.91. The van der Waals surface area contributed by atoms with Crippen LogP contribution in [0.4, 0.5) is 13.2 Å². The summed E-state index contributed by atoms with van der Waals surface area (Å²) in [5.41, 5.74) is 0. The first-order valence-corrected chi connectivity index (χ1v) is 11.1. The summed E-state index contributed by atoms with van der Waals surface area (Å²) in [6.45, 7) is 0.420. The van der Waals surface area contributed by atoms with E-state index in [9.17, 15) is 31.6 Å². The van der Waals surface area contributed by atoms with Gasteiger partial charge in [0.15, 0.2) is 9.84 Å². The lowest BCUT2D eigenvalue weighted by Gasteiger charge is -2.27. The van der Waals surface area contributed by atoms with E-state index in [0.717, 1.165) is 12.1 Å². The van der Waals surface area contributed by atoms with Crippen molar-refractivity contribution in [2.24, 2.45) is 0 Å². The van der Waals surface area contributed by atoms with Crippen LogP contribution in [0.5, 0.6) is 17.2 Å². The molecule has 174 valence electrons. The molecule has 0 unspecified atom stereocenters. The number of rotatable bonds is 9. The standard InChI is InChI=1S/C20H20F3NO7S/c21-20(22,23)31-16-5-3-14(4-6-16)30-15-7-9-17(10-8-15)32(27,28)12-18(24(26)13-25)19-2-1-11-29-19/h3-10,13,18-19,26H,1-2,11-12H2/t18-,19+/m0/s1. The molecule has 1 saturated heterocycles. The van der Waals surface area contributed by atoms with Gasteiger partial charge in [0.25, 0.3) is 0 Å². The fourth-order valence-electron chi connectivity index (χ4n) is 3.22. The molecule has 0 radical (unpaired) electrons. The topological polar surface area (TPSA) is 102 Å². The second kappa shape index (κ2) is 9.76. The second-order valence-corrected chi connectivity index (χ2v) is 9.01. The zero-order valence-electron chi connectivity index (χ0n) is 16.6. The van der Waals surface area contributed by atoms with Gasteiger partial charge in [-0.2, -0.15) is 0 Å². The maximum Gasteiger partial charge on any atom is 0.573 e. The highest BCUT2D eigenvalue weighted by atomic mass is 32.2. The van der Waals surface area contributed by atoms with Crippen molar-refractivity contribution in [1.82, 2.24) is 5.06 Å². The number of sulfone groups is 1. The zero-order valence-corrected chi connectivity index (χ0v) is 17.4. The molecule has 8 nitrogen and oxygen atoms in total. The number of benzene rings is 2. The Morgan fingerprint density at radius 1 is 1.09 bits per heavy atom. The molecule has 32 heavy (non-hydrogen) atoms. The number of amides is 1. The van der Waals surface area contributed by atoms with Crippen LogP contribution in [0.2, 0.25) is 0 Å². The molecular weight excluding hydrogens is 455 g/mol. The number of hydrogen-bond acceptors (Lipinski definition) is 7. The van der Waals surface area contributed by atoms with Gasteiger partial charge in [-0.05, 0) is 61.4 Å². The van der Waals surface area contributed by atoms with Gasteiger partial charge in [0, 0.05) is 6.61 Å². The van der Waals surface area contributed by atoms with Crippen molar-refractivity contribution >= 4 is 16.2 Å². The molecule has 1 amide bonds. The van der Waals surface area contributed by atoms with Crippen LogP contribution >= 0.6 is 0 Å². The normalized spacial score (nSPS) is 17.6. The monoisotopic (exact) mass is 475 g/mol. The summed E-state index contributed by atoms with van der Waals surface area (Å²) in [5, 5.41) is 10.1. The first-order valence-electron chi connectivity index (χ1n) is 9.48. The van der Waals surface area contributed by atoms with Crippen molar-refractivity contribution in [3.05, 3.63) is 48.5 Å². The first kappa shape index (κ1) is 23.8. The predicted molar refractivity (Wildman–Crippen MR) is 104 cm³/mol. The van der Waals surface area contributed by atoms with Gasteiger partial charge < -0.3 is 14.2 Å². The van der Waals surface area contributed by atoms with Gasteiger partial charge in [-0.3, -0.25) is 10.0 Å². The minimum Gasteiger partial charge on any atom is -0.457 e. The Labute approximate surface area is 182 Å². The highest BCUT2D eigenvalue weighted by Gasteiger charge is 2.35. The average Bonchev–Trinajstić information content (AvgIpc) is 3.27. The highest BCUT2D eigenvalue weighted by Crippen LogP contribution is 2.28. The Bertz CT molecular complexity index is 1000. The lowest BCUT2D eigenvalue weighted by Crippen LogP contribution is -2.45. The predicted octanol–water partition coefficient (Wildman–Crippen LogP) is 3.55. The quantitative estimate of drug-likeness (QED) is 0.336. The van der Waals surface area contributed by atoms with Crippen molar-refractivity contribution in [3.63, 3.8) is 0 Å². The van der Waals surface area contributed by atoms with Gasteiger partial charge >= 0.3 is 6.36 Å². The SMILES string of the molecule is O=CN(O)[C@@H](CS(=O)(=O)c1ccc(Oc2ccc(OC(F)(F)F)cc2)cc1)[C@H]1CCCO1. The van der Waals surface area contributed by atoms with Crippen molar-refractivity contribution in [3.8, 4) is 17.2 Å². The van der Waals surface area contributed by atoms with Gasteiger partial charge in [-0.15, -0.1) is 13.2 Å².